The Morgan fingerprint density at radius 1 is 1.17 bits per heavy atom. The minimum Gasteiger partial charge on any atom is -0.493 e. The number of ether oxygens (including phenoxy) is 2. The van der Waals surface area contributed by atoms with Crippen molar-refractivity contribution >= 4 is 17.6 Å². The molecule has 0 bridgehead atoms. The molecular formula is C18H27NO5. The average molecular weight is 337 g/mol. The van der Waals surface area contributed by atoms with Gasteiger partial charge in [-0.1, -0.05) is 13.3 Å². The molecule has 0 aliphatic carbocycles. The van der Waals surface area contributed by atoms with E-state index in [4.69, 9.17) is 14.6 Å². The number of methoxy groups -OCH3 is 2. The lowest BCUT2D eigenvalue weighted by molar-refractivity contribution is -0.137. The van der Waals surface area contributed by atoms with E-state index in [0.717, 1.165) is 24.9 Å². The number of amides is 1. The van der Waals surface area contributed by atoms with Crippen molar-refractivity contribution in [3.8, 4) is 11.5 Å². The van der Waals surface area contributed by atoms with Gasteiger partial charge >= 0.3 is 5.97 Å². The largest absolute Gasteiger partial charge is 0.493 e. The summed E-state index contributed by atoms with van der Waals surface area (Å²) in [5.74, 6) is 0.347. The van der Waals surface area contributed by atoms with Crippen LogP contribution in [-0.2, 0) is 9.59 Å². The van der Waals surface area contributed by atoms with Gasteiger partial charge in [-0.15, -0.1) is 0 Å². The molecule has 0 aromatic heterocycles. The summed E-state index contributed by atoms with van der Waals surface area (Å²) >= 11 is 0. The van der Waals surface area contributed by atoms with E-state index in [2.05, 4.69) is 0 Å². The second kappa shape index (κ2) is 9.80. The number of rotatable bonds is 10. The lowest BCUT2D eigenvalue weighted by Gasteiger charge is -2.31. The van der Waals surface area contributed by atoms with Gasteiger partial charge in [-0.05, 0) is 31.4 Å². The van der Waals surface area contributed by atoms with Crippen molar-refractivity contribution in [3.05, 3.63) is 18.2 Å². The van der Waals surface area contributed by atoms with Gasteiger partial charge in [0.1, 0.15) is 0 Å². The second-order valence-corrected chi connectivity index (χ2v) is 5.63. The van der Waals surface area contributed by atoms with Gasteiger partial charge in [-0.2, -0.15) is 0 Å². The van der Waals surface area contributed by atoms with E-state index in [0.29, 0.717) is 17.9 Å². The highest BCUT2D eigenvalue weighted by atomic mass is 16.5. The van der Waals surface area contributed by atoms with Gasteiger partial charge in [-0.25, -0.2) is 0 Å². The molecule has 1 rings (SSSR count). The van der Waals surface area contributed by atoms with Gasteiger partial charge in [0.25, 0.3) is 0 Å². The maximum Gasteiger partial charge on any atom is 0.303 e. The molecule has 6 heteroatoms. The first-order valence-corrected chi connectivity index (χ1v) is 8.18. The van der Waals surface area contributed by atoms with Crippen molar-refractivity contribution in [1.82, 2.24) is 0 Å². The minimum absolute atomic E-state index is 0.0226. The predicted molar refractivity (Wildman–Crippen MR) is 92.9 cm³/mol. The molecule has 1 amide bonds. The molecule has 0 spiro atoms. The smallest absolute Gasteiger partial charge is 0.303 e. The Kier molecular flexibility index (Phi) is 8.09. The highest BCUT2D eigenvalue weighted by Gasteiger charge is 2.22. The number of carbonyl (C=O) groups excluding carboxylic acids is 1. The van der Waals surface area contributed by atoms with Crippen LogP contribution in [0.2, 0.25) is 0 Å². The van der Waals surface area contributed by atoms with Gasteiger partial charge in [0.15, 0.2) is 11.5 Å². The molecule has 1 atom stereocenters. The van der Waals surface area contributed by atoms with Crippen LogP contribution >= 0.6 is 0 Å². The Balaban J connectivity index is 2.94. The zero-order valence-corrected chi connectivity index (χ0v) is 14.9. The third-order valence-electron chi connectivity index (χ3n) is 4.00. The number of hydrogen-bond acceptors (Lipinski definition) is 4. The van der Waals surface area contributed by atoms with Crippen LogP contribution in [-0.4, -0.2) is 37.2 Å². The third kappa shape index (κ3) is 5.44. The maximum atomic E-state index is 12.2. The summed E-state index contributed by atoms with van der Waals surface area (Å²) in [6.07, 6.45) is 3.09. The van der Waals surface area contributed by atoms with E-state index < -0.39 is 5.97 Å². The number of hydrogen-bond donors (Lipinski definition) is 1. The SMILES string of the molecule is CCC(CCCCC(=O)O)N(C(C)=O)c1ccc(OC)c(OC)c1. The van der Waals surface area contributed by atoms with Gasteiger partial charge < -0.3 is 19.5 Å². The summed E-state index contributed by atoms with van der Waals surface area (Å²) in [5, 5.41) is 8.73. The fourth-order valence-corrected chi connectivity index (χ4v) is 2.80. The molecular weight excluding hydrogens is 310 g/mol. The average Bonchev–Trinajstić information content (AvgIpc) is 2.56. The van der Waals surface area contributed by atoms with Gasteiger partial charge in [0, 0.05) is 31.1 Å². The first-order chi connectivity index (χ1) is 11.4. The van der Waals surface area contributed by atoms with Crippen LogP contribution in [0.5, 0.6) is 11.5 Å². The summed E-state index contributed by atoms with van der Waals surface area (Å²) in [4.78, 5) is 24.6. The zero-order chi connectivity index (χ0) is 18.1. The van der Waals surface area contributed by atoms with Crippen LogP contribution in [0.1, 0.15) is 46.0 Å². The monoisotopic (exact) mass is 337 g/mol. The van der Waals surface area contributed by atoms with Crippen molar-refractivity contribution in [2.75, 3.05) is 19.1 Å². The Morgan fingerprint density at radius 3 is 2.33 bits per heavy atom. The highest BCUT2D eigenvalue weighted by Crippen LogP contribution is 2.33. The minimum atomic E-state index is -0.786. The summed E-state index contributed by atoms with van der Waals surface area (Å²) in [5.41, 5.74) is 0.755. The number of aliphatic carboxylic acids is 1. The molecule has 134 valence electrons. The number of carboxylic acids is 1. The number of unbranched alkanes of at least 4 members (excludes halogenated alkanes) is 1. The van der Waals surface area contributed by atoms with E-state index in [1.54, 1.807) is 31.3 Å². The molecule has 1 aromatic carbocycles. The van der Waals surface area contributed by atoms with Gasteiger partial charge in [0.2, 0.25) is 5.91 Å². The second-order valence-electron chi connectivity index (χ2n) is 5.63. The molecule has 0 fully saturated rings. The van der Waals surface area contributed by atoms with E-state index in [9.17, 15) is 9.59 Å². The molecule has 1 N–H and O–H groups in total. The number of carboxylic acid groups (broad SMARTS) is 1. The number of carbonyl (C=O) groups is 2. The van der Waals surface area contributed by atoms with Crippen LogP contribution in [0.3, 0.4) is 0 Å². The Labute approximate surface area is 143 Å². The van der Waals surface area contributed by atoms with E-state index >= 15 is 0 Å². The fraction of sp³-hybridized carbons (Fsp3) is 0.556. The van der Waals surface area contributed by atoms with Gasteiger partial charge in [-0.3, -0.25) is 9.59 Å². The Bertz CT molecular complexity index is 558. The van der Waals surface area contributed by atoms with Crippen LogP contribution in [0.15, 0.2) is 18.2 Å². The van der Waals surface area contributed by atoms with Crippen LogP contribution < -0.4 is 14.4 Å². The van der Waals surface area contributed by atoms with Crippen molar-refractivity contribution in [1.29, 1.82) is 0 Å². The summed E-state index contributed by atoms with van der Waals surface area (Å²) in [6.45, 7) is 3.56. The molecule has 1 aromatic rings. The number of nitrogens with zero attached hydrogens (tertiary/aromatic N) is 1. The lowest BCUT2D eigenvalue weighted by Crippen LogP contribution is -2.38. The van der Waals surface area contributed by atoms with E-state index in [1.165, 1.54) is 6.92 Å². The first-order valence-electron chi connectivity index (χ1n) is 8.18. The molecule has 0 aliphatic heterocycles. The standard InChI is InChI=1S/C18H27NO5/c1-5-14(8-6-7-9-18(21)22)19(13(2)20)15-10-11-16(23-3)17(12-15)24-4/h10-12,14H,5-9H2,1-4H3,(H,21,22). The summed E-state index contributed by atoms with van der Waals surface area (Å²) in [7, 11) is 3.13. The van der Waals surface area contributed by atoms with Gasteiger partial charge in [0.05, 0.1) is 14.2 Å². The summed E-state index contributed by atoms with van der Waals surface area (Å²) < 4.78 is 10.6. The molecule has 0 saturated heterocycles. The quantitative estimate of drug-likeness (QED) is 0.662. The highest BCUT2D eigenvalue weighted by molar-refractivity contribution is 5.92. The van der Waals surface area contributed by atoms with Crippen LogP contribution in [0.25, 0.3) is 0 Å². The van der Waals surface area contributed by atoms with Crippen LogP contribution in [0.4, 0.5) is 5.69 Å². The molecule has 6 nitrogen and oxygen atoms in total. The van der Waals surface area contributed by atoms with Crippen molar-refractivity contribution in [2.45, 2.75) is 52.0 Å². The zero-order valence-electron chi connectivity index (χ0n) is 14.9. The Hall–Kier alpha value is -2.24. The first kappa shape index (κ1) is 19.8. The molecule has 1 unspecified atom stereocenters. The van der Waals surface area contributed by atoms with E-state index in [-0.39, 0.29) is 18.4 Å². The summed E-state index contributed by atoms with van der Waals surface area (Å²) in [6, 6.07) is 5.43. The van der Waals surface area contributed by atoms with Crippen molar-refractivity contribution in [2.24, 2.45) is 0 Å². The van der Waals surface area contributed by atoms with Crippen molar-refractivity contribution in [3.63, 3.8) is 0 Å². The predicted octanol–water partition coefficient (Wildman–Crippen LogP) is 3.48. The van der Waals surface area contributed by atoms with E-state index in [1.807, 2.05) is 13.0 Å². The molecule has 0 saturated carbocycles. The topological polar surface area (TPSA) is 76.1 Å². The number of benzene rings is 1. The molecule has 0 aliphatic rings. The molecule has 0 radical (unpaired) electrons. The fourth-order valence-electron chi connectivity index (χ4n) is 2.80. The van der Waals surface area contributed by atoms with Crippen molar-refractivity contribution < 1.29 is 24.2 Å². The lowest BCUT2D eigenvalue weighted by atomic mass is 10.0. The maximum absolute atomic E-state index is 12.2. The third-order valence-corrected chi connectivity index (χ3v) is 4.00. The number of anilines is 1. The normalized spacial score (nSPS) is 11.7. The molecule has 0 heterocycles. The Morgan fingerprint density at radius 2 is 1.83 bits per heavy atom. The molecule has 24 heavy (non-hydrogen) atoms. The van der Waals surface area contributed by atoms with Crippen LogP contribution in [0, 0.1) is 0 Å².